The van der Waals surface area contributed by atoms with Crippen LogP contribution < -0.4 is 11.1 Å². The number of nitrogens with two attached hydrogens (primary N) is 1. The lowest BCUT2D eigenvalue weighted by atomic mass is 10.2. The van der Waals surface area contributed by atoms with E-state index < -0.39 is 11.9 Å². The number of aromatic nitrogens is 1. The first-order valence-corrected chi connectivity index (χ1v) is 5.12. The van der Waals surface area contributed by atoms with Gasteiger partial charge in [0.05, 0.1) is 12.7 Å². The quantitative estimate of drug-likeness (QED) is 0.729. The van der Waals surface area contributed by atoms with Crippen molar-refractivity contribution < 1.29 is 14.3 Å². The lowest BCUT2D eigenvalue weighted by Gasteiger charge is -2.12. The van der Waals surface area contributed by atoms with Crippen molar-refractivity contribution in [3.63, 3.8) is 0 Å². The lowest BCUT2D eigenvalue weighted by molar-refractivity contribution is -0.118. The van der Waals surface area contributed by atoms with Crippen molar-refractivity contribution in [2.24, 2.45) is 5.73 Å². The first kappa shape index (κ1) is 13.0. The van der Waals surface area contributed by atoms with E-state index in [9.17, 15) is 9.59 Å². The van der Waals surface area contributed by atoms with Crippen LogP contribution in [-0.2, 0) is 9.53 Å². The zero-order valence-electron chi connectivity index (χ0n) is 9.77. The van der Waals surface area contributed by atoms with Gasteiger partial charge in [-0.3, -0.25) is 4.79 Å². The number of ether oxygens (including phenoxy) is 1. The zero-order valence-corrected chi connectivity index (χ0v) is 9.77. The fourth-order valence-corrected chi connectivity index (χ4v) is 1.36. The molecule has 6 nitrogen and oxygen atoms in total. The maximum absolute atomic E-state index is 11.3. The van der Waals surface area contributed by atoms with Crippen LogP contribution in [0.15, 0.2) is 18.3 Å². The monoisotopic (exact) mass is 237 g/mol. The third kappa shape index (κ3) is 4.10. The van der Waals surface area contributed by atoms with Gasteiger partial charge >= 0.3 is 5.97 Å². The molecule has 0 aromatic carbocycles. The summed E-state index contributed by atoms with van der Waals surface area (Å²) in [5.41, 5.74) is 5.47. The van der Waals surface area contributed by atoms with Crippen molar-refractivity contribution in [3.8, 4) is 0 Å². The van der Waals surface area contributed by atoms with Crippen molar-refractivity contribution in [1.29, 1.82) is 0 Å². The third-order valence-electron chi connectivity index (χ3n) is 2.08. The van der Waals surface area contributed by atoms with Crippen LogP contribution in [0.5, 0.6) is 0 Å². The molecule has 0 radical (unpaired) electrons. The molecular weight excluding hydrogens is 222 g/mol. The summed E-state index contributed by atoms with van der Waals surface area (Å²) in [6, 6.07) is 2.96. The number of hydrogen-bond donors (Lipinski definition) is 2. The molecule has 1 amide bonds. The average Bonchev–Trinajstić information content (AvgIpc) is 2.27. The Kier molecular flexibility index (Phi) is 4.45. The van der Waals surface area contributed by atoms with E-state index in [4.69, 9.17) is 5.73 Å². The summed E-state index contributed by atoms with van der Waals surface area (Å²) in [6.07, 6.45) is 1.69. The normalized spacial score (nSPS) is 11.6. The van der Waals surface area contributed by atoms with Crippen LogP contribution in [0.3, 0.4) is 0 Å². The van der Waals surface area contributed by atoms with Crippen LogP contribution in [0.4, 0.5) is 5.82 Å². The molecule has 0 saturated heterocycles. The molecule has 0 aliphatic carbocycles. The van der Waals surface area contributed by atoms with Crippen LogP contribution in [0.2, 0.25) is 0 Å². The second-order valence-corrected chi connectivity index (χ2v) is 3.64. The SMILES string of the molecule is COC(=O)c1ccnc(NC(C)CC(N)=O)c1. The van der Waals surface area contributed by atoms with Crippen LogP contribution >= 0.6 is 0 Å². The first-order chi connectivity index (χ1) is 8.02. The molecule has 92 valence electrons. The van der Waals surface area contributed by atoms with Gasteiger partial charge < -0.3 is 15.8 Å². The van der Waals surface area contributed by atoms with Gasteiger partial charge in [-0.1, -0.05) is 0 Å². The molecule has 1 rings (SSSR count). The highest BCUT2D eigenvalue weighted by atomic mass is 16.5. The number of carbonyl (C=O) groups excluding carboxylic acids is 2. The van der Waals surface area contributed by atoms with Crippen LogP contribution in [-0.4, -0.2) is 30.0 Å². The summed E-state index contributed by atoms with van der Waals surface area (Å²) in [5, 5.41) is 2.97. The number of anilines is 1. The van der Waals surface area contributed by atoms with Gasteiger partial charge in [0.15, 0.2) is 0 Å². The molecule has 0 aliphatic heterocycles. The Labute approximate surface area is 99.2 Å². The molecule has 17 heavy (non-hydrogen) atoms. The predicted molar refractivity (Wildman–Crippen MR) is 62.5 cm³/mol. The highest BCUT2D eigenvalue weighted by molar-refractivity contribution is 5.90. The number of hydrogen-bond acceptors (Lipinski definition) is 5. The molecule has 1 atom stereocenters. The maximum Gasteiger partial charge on any atom is 0.338 e. The number of primary amides is 1. The topological polar surface area (TPSA) is 94.3 Å². The standard InChI is InChI=1S/C11H15N3O3/c1-7(5-9(12)15)14-10-6-8(3-4-13-10)11(16)17-2/h3-4,6-7H,5H2,1-2H3,(H2,12,15)(H,13,14). The van der Waals surface area contributed by atoms with E-state index in [1.165, 1.54) is 13.3 Å². The lowest BCUT2D eigenvalue weighted by Crippen LogP contribution is -2.24. The molecule has 0 saturated carbocycles. The van der Waals surface area contributed by atoms with E-state index in [-0.39, 0.29) is 12.5 Å². The van der Waals surface area contributed by atoms with E-state index in [2.05, 4.69) is 15.0 Å². The Balaban J connectivity index is 2.72. The number of rotatable bonds is 5. The van der Waals surface area contributed by atoms with Crippen LogP contribution in [0.25, 0.3) is 0 Å². The summed E-state index contributed by atoms with van der Waals surface area (Å²) >= 11 is 0. The van der Waals surface area contributed by atoms with Gasteiger partial charge in [0.25, 0.3) is 0 Å². The molecule has 3 N–H and O–H groups in total. The fraction of sp³-hybridized carbons (Fsp3) is 0.364. The Morgan fingerprint density at radius 1 is 1.59 bits per heavy atom. The Morgan fingerprint density at radius 2 is 2.29 bits per heavy atom. The number of methoxy groups -OCH3 is 1. The fourth-order valence-electron chi connectivity index (χ4n) is 1.36. The van der Waals surface area contributed by atoms with Gasteiger partial charge in [-0.05, 0) is 19.1 Å². The van der Waals surface area contributed by atoms with Crippen molar-refractivity contribution in [2.75, 3.05) is 12.4 Å². The minimum Gasteiger partial charge on any atom is -0.465 e. The smallest absolute Gasteiger partial charge is 0.338 e. The van der Waals surface area contributed by atoms with E-state index in [0.717, 1.165) is 0 Å². The molecule has 1 unspecified atom stereocenters. The minimum absolute atomic E-state index is 0.145. The van der Waals surface area contributed by atoms with E-state index in [1.54, 1.807) is 19.1 Å². The average molecular weight is 237 g/mol. The molecule has 0 fully saturated rings. The molecular formula is C11H15N3O3. The van der Waals surface area contributed by atoms with E-state index in [0.29, 0.717) is 11.4 Å². The summed E-state index contributed by atoms with van der Waals surface area (Å²) < 4.78 is 4.59. The highest BCUT2D eigenvalue weighted by Gasteiger charge is 2.09. The molecule has 6 heteroatoms. The number of amides is 1. The Bertz CT molecular complexity index is 420. The molecule has 0 bridgehead atoms. The van der Waals surface area contributed by atoms with Gasteiger partial charge in [0.1, 0.15) is 5.82 Å². The van der Waals surface area contributed by atoms with Crippen molar-refractivity contribution >= 4 is 17.7 Å². The molecule has 1 aromatic rings. The third-order valence-corrected chi connectivity index (χ3v) is 2.08. The summed E-state index contributed by atoms with van der Waals surface area (Å²) in [7, 11) is 1.31. The van der Waals surface area contributed by atoms with Crippen molar-refractivity contribution in [2.45, 2.75) is 19.4 Å². The largest absolute Gasteiger partial charge is 0.465 e. The summed E-state index contributed by atoms with van der Waals surface area (Å²) in [6.45, 7) is 1.80. The van der Waals surface area contributed by atoms with Gasteiger partial charge in [-0.25, -0.2) is 9.78 Å². The number of nitrogens with zero attached hydrogens (tertiary/aromatic N) is 1. The maximum atomic E-state index is 11.3. The number of nitrogens with one attached hydrogen (secondary N) is 1. The van der Waals surface area contributed by atoms with Crippen LogP contribution in [0.1, 0.15) is 23.7 Å². The highest BCUT2D eigenvalue weighted by Crippen LogP contribution is 2.10. The summed E-state index contributed by atoms with van der Waals surface area (Å²) in [5.74, 6) is -0.325. The number of esters is 1. The predicted octanol–water partition coefficient (Wildman–Crippen LogP) is 0.544. The number of carbonyl (C=O) groups is 2. The van der Waals surface area contributed by atoms with E-state index in [1.807, 2.05) is 0 Å². The summed E-state index contributed by atoms with van der Waals surface area (Å²) in [4.78, 5) is 26.0. The number of pyridine rings is 1. The van der Waals surface area contributed by atoms with E-state index >= 15 is 0 Å². The zero-order chi connectivity index (χ0) is 12.8. The van der Waals surface area contributed by atoms with Gasteiger partial charge in [0, 0.05) is 18.7 Å². The van der Waals surface area contributed by atoms with Gasteiger partial charge in [-0.15, -0.1) is 0 Å². The molecule has 1 heterocycles. The van der Waals surface area contributed by atoms with Gasteiger partial charge in [0.2, 0.25) is 5.91 Å². The first-order valence-electron chi connectivity index (χ1n) is 5.12. The minimum atomic E-state index is -0.432. The second kappa shape index (κ2) is 5.83. The van der Waals surface area contributed by atoms with Crippen molar-refractivity contribution in [3.05, 3.63) is 23.9 Å². The molecule has 0 spiro atoms. The Hall–Kier alpha value is -2.11. The van der Waals surface area contributed by atoms with Crippen LogP contribution in [0, 0.1) is 0 Å². The van der Waals surface area contributed by atoms with Gasteiger partial charge in [-0.2, -0.15) is 0 Å². The molecule has 0 aliphatic rings. The second-order valence-electron chi connectivity index (χ2n) is 3.64. The molecule has 1 aromatic heterocycles. The Morgan fingerprint density at radius 3 is 2.88 bits per heavy atom. The van der Waals surface area contributed by atoms with Crippen molar-refractivity contribution in [1.82, 2.24) is 4.98 Å².